The van der Waals surface area contributed by atoms with Gasteiger partial charge in [-0.05, 0) is 24.3 Å². The number of piperazine rings is 1. The first-order valence-electron chi connectivity index (χ1n) is 7.92. The van der Waals surface area contributed by atoms with Crippen molar-refractivity contribution >= 4 is 23.3 Å². The van der Waals surface area contributed by atoms with Gasteiger partial charge >= 0.3 is 0 Å². The zero-order valence-corrected chi connectivity index (χ0v) is 13.8. The molecule has 3 rings (SSSR count). The molecular weight excluding hydrogens is 325 g/mol. The highest BCUT2D eigenvalue weighted by Crippen LogP contribution is 2.15. The molecule has 0 aliphatic carbocycles. The van der Waals surface area contributed by atoms with Crippen molar-refractivity contribution < 1.29 is 14.0 Å². The van der Waals surface area contributed by atoms with Crippen molar-refractivity contribution in [3.8, 4) is 0 Å². The van der Waals surface area contributed by atoms with E-state index >= 15 is 0 Å². The van der Waals surface area contributed by atoms with Gasteiger partial charge in [0.05, 0.1) is 0 Å². The lowest BCUT2D eigenvalue weighted by atomic mass is 10.2. The number of anilines is 2. The second-order valence-electron chi connectivity index (χ2n) is 5.72. The van der Waals surface area contributed by atoms with Crippen LogP contribution in [0.2, 0.25) is 0 Å². The van der Waals surface area contributed by atoms with Crippen LogP contribution in [0.3, 0.4) is 0 Å². The van der Waals surface area contributed by atoms with Gasteiger partial charge in [0.2, 0.25) is 5.91 Å². The molecule has 8 heteroatoms. The molecule has 25 heavy (non-hydrogen) atoms. The highest BCUT2D eigenvalue weighted by Gasteiger charge is 2.20. The van der Waals surface area contributed by atoms with Gasteiger partial charge in [-0.1, -0.05) is 0 Å². The summed E-state index contributed by atoms with van der Waals surface area (Å²) < 4.78 is 12.9. The van der Waals surface area contributed by atoms with Crippen molar-refractivity contribution in [2.75, 3.05) is 36.4 Å². The van der Waals surface area contributed by atoms with Gasteiger partial charge in [-0.25, -0.2) is 14.4 Å². The van der Waals surface area contributed by atoms with E-state index in [0.29, 0.717) is 37.7 Å². The Balaban J connectivity index is 1.68. The number of carbonyl (C=O) groups excluding carboxylic acids is 2. The van der Waals surface area contributed by atoms with E-state index in [9.17, 15) is 14.0 Å². The summed E-state index contributed by atoms with van der Waals surface area (Å²) in [4.78, 5) is 35.7. The third kappa shape index (κ3) is 4.09. The SMILES string of the molecule is CC(=O)N1CCN(c2cc(C(=O)Nc3ccc(F)cc3)ncn2)CC1. The molecule has 130 valence electrons. The Hall–Kier alpha value is -3.03. The molecule has 1 aliphatic rings. The second-order valence-corrected chi connectivity index (χ2v) is 5.72. The van der Waals surface area contributed by atoms with Crippen LogP contribution in [-0.4, -0.2) is 52.9 Å². The summed E-state index contributed by atoms with van der Waals surface area (Å²) in [5, 5.41) is 2.67. The molecular formula is C17H18FN5O2. The Bertz CT molecular complexity index is 773. The van der Waals surface area contributed by atoms with E-state index < -0.39 is 5.91 Å². The molecule has 1 aromatic heterocycles. The first kappa shape index (κ1) is 16.8. The van der Waals surface area contributed by atoms with Crippen LogP contribution in [0, 0.1) is 5.82 Å². The molecule has 0 saturated carbocycles. The maximum Gasteiger partial charge on any atom is 0.274 e. The number of benzene rings is 1. The smallest absolute Gasteiger partial charge is 0.274 e. The predicted molar refractivity (Wildman–Crippen MR) is 90.9 cm³/mol. The van der Waals surface area contributed by atoms with Crippen LogP contribution in [0.15, 0.2) is 36.7 Å². The van der Waals surface area contributed by atoms with E-state index in [2.05, 4.69) is 15.3 Å². The fraction of sp³-hybridized carbons (Fsp3) is 0.294. The van der Waals surface area contributed by atoms with Gasteiger partial charge in [-0.2, -0.15) is 0 Å². The third-order valence-electron chi connectivity index (χ3n) is 4.04. The maximum atomic E-state index is 12.9. The normalized spacial score (nSPS) is 14.3. The summed E-state index contributed by atoms with van der Waals surface area (Å²) in [5.74, 6) is -0.0613. The Labute approximate surface area is 144 Å². The largest absolute Gasteiger partial charge is 0.353 e. The van der Waals surface area contributed by atoms with E-state index in [4.69, 9.17) is 0 Å². The molecule has 1 N–H and O–H groups in total. The summed E-state index contributed by atoms with van der Waals surface area (Å²) in [6.45, 7) is 4.09. The molecule has 1 aliphatic heterocycles. The van der Waals surface area contributed by atoms with Gasteiger partial charge in [-0.15, -0.1) is 0 Å². The van der Waals surface area contributed by atoms with Crippen molar-refractivity contribution in [1.29, 1.82) is 0 Å². The molecule has 0 atom stereocenters. The van der Waals surface area contributed by atoms with Crippen molar-refractivity contribution in [3.63, 3.8) is 0 Å². The summed E-state index contributed by atoms with van der Waals surface area (Å²) in [6.07, 6.45) is 1.34. The molecule has 1 aromatic carbocycles. The standard InChI is InChI=1S/C17H18FN5O2/c1-12(24)22-6-8-23(9-7-22)16-10-15(19-11-20-16)17(25)21-14-4-2-13(18)3-5-14/h2-5,10-11H,6-9H2,1H3,(H,21,25). The van der Waals surface area contributed by atoms with Crippen molar-refractivity contribution in [1.82, 2.24) is 14.9 Å². The average Bonchev–Trinajstić information content (AvgIpc) is 2.64. The van der Waals surface area contributed by atoms with Crippen LogP contribution in [0.25, 0.3) is 0 Å². The fourth-order valence-electron chi connectivity index (χ4n) is 2.62. The summed E-state index contributed by atoms with van der Waals surface area (Å²) >= 11 is 0. The first-order valence-corrected chi connectivity index (χ1v) is 7.92. The number of rotatable bonds is 3. The molecule has 0 radical (unpaired) electrons. The van der Waals surface area contributed by atoms with E-state index in [-0.39, 0.29) is 17.4 Å². The molecule has 2 aromatic rings. The highest BCUT2D eigenvalue weighted by molar-refractivity contribution is 6.03. The fourth-order valence-corrected chi connectivity index (χ4v) is 2.62. The summed E-state index contributed by atoms with van der Waals surface area (Å²) in [6, 6.07) is 7.12. The quantitative estimate of drug-likeness (QED) is 0.914. The van der Waals surface area contributed by atoms with Gasteiger partial charge in [0.15, 0.2) is 0 Å². The molecule has 0 unspecified atom stereocenters. The Morgan fingerprint density at radius 3 is 2.40 bits per heavy atom. The minimum Gasteiger partial charge on any atom is -0.353 e. The Morgan fingerprint density at radius 1 is 1.08 bits per heavy atom. The molecule has 2 heterocycles. The third-order valence-corrected chi connectivity index (χ3v) is 4.04. The number of hydrogen-bond acceptors (Lipinski definition) is 5. The lowest BCUT2D eigenvalue weighted by molar-refractivity contribution is -0.129. The topological polar surface area (TPSA) is 78.4 Å². The van der Waals surface area contributed by atoms with Gasteiger partial charge in [0, 0.05) is 44.9 Å². The first-order chi connectivity index (χ1) is 12.0. The number of amides is 2. The van der Waals surface area contributed by atoms with Crippen molar-refractivity contribution in [2.24, 2.45) is 0 Å². The molecule has 0 bridgehead atoms. The number of nitrogens with zero attached hydrogens (tertiary/aromatic N) is 4. The van der Waals surface area contributed by atoms with E-state index in [0.717, 1.165) is 0 Å². The van der Waals surface area contributed by atoms with Crippen LogP contribution >= 0.6 is 0 Å². The minimum absolute atomic E-state index is 0.0571. The van der Waals surface area contributed by atoms with Gasteiger partial charge < -0.3 is 15.1 Å². The van der Waals surface area contributed by atoms with Crippen molar-refractivity contribution in [3.05, 3.63) is 48.2 Å². The number of nitrogens with one attached hydrogen (secondary N) is 1. The Morgan fingerprint density at radius 2 is 1.76 bits per heavy atom. The van der Waals surface area contributed by atoms with Gasteiger partial charge in [-0.3, -0.25) is 9.59 Å². The molecule has 7 nitrogen and oxygen atoms in total. The van der Waals surface area contributed by atoms with E-state index in [1.54, 1.807) is 17.9 Å². The van der Waals surface area contributed by atoms with Crippen molar-refractivity contribution in [2.45, 2.75) is 6.92 Å². The number of hydrogen-bond donors (Lipinski definition) is 1. The van der Waals surface area contributed by atoms with Crippen LogP contribution in [0.1, 0.15) is 17.4 Å². The maximum absolute atomic E-state index is 12.9. The zero-order chi connectivity index (χ0) is 17.8. The molecule has 1 saturated heterocycles. The number of aromatic nitrogens is 2. The molecule has 0 spiro atoms. The minimum atomic E-state index is -0.391. The van der Waals surface area contributed by atoms with E-state index in [1.807, 2.05) is 4.90 Å². The second kappa shape index (κ2) is 7.25. The molecule has 2 amide bonds. The zero-order valence-electron chi connectivity index (χ0n) is 13.8. The van der Waals surface area contributed by atoms with Crippen LogP contribution in [0.5, 0.6) is 0 Å². The summed E-state index contributed by atoms with van der Waals surface area (Å²) in [5.41, 5.74) is 0.713. The lowest BCUT2D eigenvalue weighted by Gasteiger charge is -2.34. The van der Waals surface area contributed by atoms with Crippen LogP contribution < -0.4 is 10.2 Å². The highest BCUT2D eigenvalue weighted by atomic mass is 19.1. The van der Waals surface area contributed by atoms with Gasteiger partial charge in [0.25, 0.3) is 5.91 Å². The van der Waals surface area contributed by atoms with Gasteiger partial charge in [0.1, 0.15) is 23.7 Å². The number of carbonyl (C=O) groups is 2. The van der Waals surface area contributed by atoms with E-state index in [1.165, 1.54) is 30.6 Å². The molecule has 1 fully saturated rings. The monoisotopic (exact) mass is 343 g/mol. The number of halogens is 1. The summed E-state index contributed by atoms with van der Waals surface area (Å²) in [7, 11) is 0. The predicted octanol–water partition coefficient (Wildman–Crippen LogP) is 1.54. The average molecular weight is 343 g/mol. The van der Waals surface area contributed by atoms with Crippen LogP contribution in [-0.2, 0) is 4.79 Å². The lowest BCUT2D eigenvalue weighted by Crippen LogP contribution is -2.48. The van der Waals surface area contributed by atoms with Crippen LogP contribution in [0.4, 0.5) is 15.9 Å². The Kier molecular flexibility index (Phi) is 4.87.